The Morgan fingerprint density at radius 3 is 2.56 bits per heavy atom. The van der Waals surface area contributed by atoms with E-state index in [-0.39, 0.29) is 30.9 Å². The molecular weight excluding hydrogens is 344 g/mol. The molecule has 0 bridgehead atoms. The molecule has 1 aliphatic heterocycles. The van der Waals surface area contributed by atoms with Crippen molar-refractivity contribution in [2.75, 3.05) is 33.2 Å². The lowest BCUT2D eigenvalue weighted by molar-refractivity contribution is -0.132. The van der Waals surface area contributed by atoms with Crippen LogP contribution in [0.5, 0.6) is 0 Å². The van der Waals surface area contributed by atoms with Gasteiger partial charge in [0.15, 0.2) is 0 Å². The Hall–Kier alpha value is -2.74. The molecule has 2 aromatic rings. The van der Waals surface area contributed by atoms with Gasteiger partial charge in [-0.25, -0.2) is 9.67 Å². The van der Waals surface area contributed by atoms with Crippen molar-refractivity contribution in [3.05, 3.63) is 42.5 Å². The third-order valence-electron chi connectivity index (χ3n) is 5.01. The van der Waals surface area contributed by atoms with E-state index in [0.717, 1.165) is 37.2 Å². The van der Waals surface area contributed by atoms with Crippen LogP contribution in [0.2, 0.25) is 0 Å². The van der Waals surface area contributed by atoms with E-state index in [1.165, 1.54) is 6.33 Å². The smallest absolute Gasteiger partial charge is 0.241 e. The molecule has 144 valence electrons. The van der Waals surface area contributed by atoms with Gasteiger partial charge in [-0.05, 0) is 44.5 Å². The quantitative estimate of drug-likeness (QED) is 0.786. The minimum atomic E-state index is -0.142. The van der Waals surface area contributed by atoms with E-state index in [9.17, 15) is 9.59 Å². The van der Waals surface area contributed by atoms with Crippen LogP contribution >= 0.6 is 0 Å². The first-order valence-electron chi connectivity index (χ1n) is 9.24. The van der Waals surface area contributed by atoms with E-state index in [4.69, 9.17) is 0 Å². The summed E-state index contributed by atoms with van der Waals surface area (Å²) < 4.78 is 1.70. The molecule has 0 radical (unpaired) electrons. The summed E-state index contributed by atoms with van der Waals surface area (Å²) >= 11 is 0. The molecule has 0 saturated carbocycles. The fourth-order valence-corrected chi connectivity index (χ4v) is 3.17. The Balaban J connectivity index is 1.48. The van der Waals surface area contributed by atoms with Gasteiger partial charge < -0.3 is 10.2 Å². The number of rotatable bonds is 7. The summed E-state index contributed by atoms with van der Waals surface area (Å²) in [7, 11) is 1.90. The van der Waals surface area contributed by atoms with Gasteiger partial charge in [-0.3, -0.25) is 14.5 Å². The number of likely N-dealkylation sites (tertiary alicyclic amines) is 1. The average molecular weight is 370 g/mol. The van der Waals surface area contributed by atoms with Gasteiger partial charge in [-0.1, -0.05) is 12.1 Å². The summed E-state index contributed by atoms with van der Waals surface area (Å²) in [4.78, 5) is 31.9. The van der Waals surface area contributed by atoms with Crippen molar-refractivity contribution in [2.24, 2.45) is 0 Å². The Morgan fingerprint density at radius 1 is 1.22 bits per heavy atom. The first-order valence-corrected chi connectivity index (χ1v) is 9.24. The zero-order chi connectivity index (χ0) is 19.2. The van der Waals surface area contributed by atoms with E-state index in [2.05, 4.69) is 15.4 Å². The summed E-state index contributed by atoms with van der Waals surface area (Å²) in [6.45, 7) is 3.96. The molecule has 1 aliphatic rings. The highest BCUT2D eigenvalue weighted by Crippen LogP contribution is 2.19. The van der Waals surface area contributed by atoms with Crippen LogP contribution in [0.1, 0.15) is 31.4 Å². The fourth-order valence-electron chi connectivity index (χ4n) is 3.17. The van der Waals surface area contributed by atoms with Gasteiger partial charge in [0.2, 0.25) is 11.8 Å². The van der Waals surface area contributed by atoms with E-state index < -0.39 is 0 Å². The molecule has 1 N–H and O–H groups in total. The van der Waals surface area contributed by atoms with Crippen LogP contribution in [0.3, 0.4) is 0 Å². The largest absolute Gasteiger partial charge is 0.346 e. The predicted octanol–water partition coefficient (Wildman–Crippen LogP) is 0.999. The van der Waals surface area contributed by atoms with Gasteiger partial charge in [0.05, 0.1) is 18.8 Å². The van der Waals surface area contributed by atoms with Crippen LogP contribution in [0.15, 0.2) is 36.9 Å². The van der Waals surface area contributed by atoms with Gasteiger partial charge in [0, 0.05) is 19.1 Å². The van der Waals surface area contributed by atoms with Gasteiger partial charge in [0.25, 0.3) is 0 Å². The number of carbonyl (C=O) groups is 2. The first kappa shape index (κ1) is 19.0. The molecule has 0 aliphatic carbocycles. The minimum Gasteiger partial charge on any atom is -0.346 e. The van der Waals surface area contributed by atoms with Crippen LogP contribution < -0.4 is 5.32 Å². The Labute approximate surface area is 159 Å². The number of hydrogen-bond acceptors (Lipinski definition) is 5. The molecule has 27 heavy (non-hydrogen) atoms. The molecule has 1 fully saturated rings. The van der Waals surface area contributed by atoms with E-state index in [1.807, 2.05) is 48.0 Å². The lowest BCUT2D eigenvalue weighted by atomic mass is 10.1. The molecule has 2 heterocycles. The van der Waals surface area contributed by atoms with E-state index >= 15 is 0 Å². The molecule has 1 saturated heterocycles. The molecule has 8 nitrogen and oxygen atoms in total. The second-order valence-corrected chi connectivity index (χ2v) is 6.89. The molecule has 1 atom stereocenters. The standard InChI is InChI=1S/C19H26N6O2/c1-15(16-5-7-17(8-6-16)25-14-20-13-22-25)23(2)12-18(26)21-11-19(27)24-9-3-4-10-24/h5-8,13-15H,3-4,9-12H2,1-2H3,(H,21,26). The van der Waals surface area contributed by atoms with Gasteiger partial charge in [-0.15, -0.1) is 0 Å². The highest BCUT2D eigenvalue weighted by molar-refractivity contribution is 5.85. The van der Waals surface area contributed by atoms with Crippen LogP contribution in [0.4, 0.5) is 0 Å². The number of hydrogen-bond donors (Lipinski definition) is 1. The maximum absolute atomic E-state index is 12.2. The number of amides is 2. The molecule has 1 unspecified atom stereocenters. The zero-order valence-electron chi connectivity index (χ0n) is 15.8. The number of aromatic nitrogens is 3. The maximum Gasteiger partial charge on any atom is 0.241 e. The van der Waals surface area contributed by atoms with Crippen LogP contribution in [0.25, 0.3) is 5.69 Å². The van der Waals surface area contributed by atoms with Crippen molar-refractivity contribution in [1.29, 1.82) is 0 Å². The second-order valence-electron chi connectivity index (χ2n) is 6.89. The molecule has 1 aromatic carbocycles. The number of nitrogens with one attached hydrogen (secondary N) is 1. The highest BCUT2D eigenvalue weighted by atomic mass is 16.2. The monoisotopic (exact) mass is 370 g/mol. The predicted molar refractivity (Wildman–Crippen MR) is 101 cm³/mol. The minimum absolute atomic E-state index is 0.000233. The highest BCUT2D eigenvalue weighted by Gasteiger charge is 2.19. The van der Waals surface area contributed by atoms with Gasteiger partial charge in [-0.2, -0.15) is 5.10 Å². The van der Waals surface area contributed by atoms with Crippen LogP contribution in [-0.4, -0.2) is 69.6 Å². The topological polar surface area (TPSA) is 83.4 Å². The lowest BCUT2D eigenvalue weighted by Crippen LogP contribution is -2.42. The number of likely N-dealkylation sites (N-methyl/N-ethyl adjacent to an activating group) is 1. The summed E-state index contributed by atoms with van der Waals surface area (Å²) in [6.07, 6.45) is 5.25. The average Bonchev–Trinajstić information content (AvgIpc) is 3.39. The number of carbonyl (C=O) groups excluding carboxylic acids is 2. The second kappa shape index (κ2) is 8.77. The van der Waals surface area contributed by atoms with E-state index in [0.29, 0.717) is 0 Å². The SMILES string of the molecule is CC(c1ccc(-n2cncn2)cc1)N(C)CC(=O)NCC(=O)N1CCCC1. The van der Waals surface area contributed by atoms with Crippen LogP contribution in [0, 0.1) is 0 Å². The maximum atomic E-state index is 12.2. The van der Waals surface area contributed by atoms with Crippen LogP contribution in [-0.2, 0) is 9.59 Å². The van der Waals surface area contributed by atoms with Crippen molar-refractivity contribution in [3.8, 4) is 5.69 Å². The number of benzene rings is 1. The molecule has 3 rings (SSSR count). The summed E-state index contributed by atoms with van der Waals surface area (Å²) in [5.41, 5.74) is 2.03. The fraction of sp³-hybridized carbons (Fsp3) is 0.474. The third-order valence-corrected chi connectivity index (χ3v) is 5.01. The Bertz CT molecular complexity index is 753. The Kier molecular flexibility index (Phi) is 6.18. The lowest BCUT2D eigenvalue weighted by Gasteiger charge is -2.25. The van der Waals surface area contributed by atoms with Gasteiger partial charge in [0.1, 0.15) is 12.7 Å². The van der Waals surface area contributed by atoms with Crippen molar-refractivity contribution in [2.45, 2.75) is 25.8 Å². The Morgan fingerprint density at radius 2 is 1.93 bits per heavy atom. The summed E-state index contributed by atoms with van der Waals surface area (Å²) in [5, 5.41) is 6.84. The normalized spacial score (nSPS) is 15.1. The molecule has 8 heteroatoms. The van der Waals surface area contributed by atoms with Crippen molar-refractivity contribution < 1.29 is 9.59 Å². The van der Waals surface area contributed by atoms with Crippen molar-refractivity contribution in [3.63, 3.8) is 0 Å². The van der Waals surface area contributed by atoms with Gasteiger partial charge >= 0.3 is 0 Å². The zero-order valence-corrected chi connectivity index (χ0v) is 15.8. The summed E-state index contributed by atoms with van der Waals surface area (Å²) in [5.74, 6) is -0.142. The first-order chi connectivity index (χ1) is 13.0. The summed E-state index contributed by atoms with van der Waals surface area (Å²) in [6, 6.07) is 8.06. The molecule has 0 spiro atoms. The van der Waals surface area contributed by atoms with Crippen molar-refractivity contribution >= 4 is 11.8 Å². The van der Waals surface area contributed by atoms with E-state index in [1.54, 1.807) is 11.0 Å². The molecule has 2 amide bonds. The van der Waals surface area contributed by atoms with Crippen molar-refractivity contribution in [1.82, 2.24) is 29.9 Å². The number of nitrogens with zero attached hydrogens (tertiary/aromatic N) is 5. The third kappa shape index (κ3) is 4.91. The molecular formula is C19H26N6O2. The molecule has 1 aromatic heterocycles.